The van der Waals surface area contributed by atoms with Gasteiger partial charge in [-0.2, -0.15) is 9.97 Å². The lowest BCUT2D eigenvalue weighted by atomic mass is 9.93. The molecule has 1 aliphatic carbocycles. The van der Waals surface area contributed by atoms with Gasteiger partial charge >= 0.3 is 17.9 Å². The van der Waals surface area contributed by atoms with Gasteiger partial charge in [-0.25, -0.2) is 23.8 Å². The van der Waals surface area contributed by atoms with Crippen molar-refractivity contribution in [3.8, 4) is 0 Å². The second kappa shape index (κ2) is 9.37. The quantitative estimate of drug-likeness (QED) is 0.157. The predicted molar refractivity (Wildman–Crippen MR) is 128 cm³/mol. The molecule has 3 heterocycles. The summed E-state index contributed by atoms with van der Waals surface area (Å²) < 4.78 is 32.7. The molecule has 2 aromatic heterocycles. The molecule has 1 unspecified atom stereocenters. The Kier molecular flexibility index (Phi) is 6.41. The summed E-state index contributed by atoms with van der Waals surface area (Å²) in [6.07, 6.45) is -3.77. The normalized spacial score (nSPS) is 25.8. The summed E-state index contributed by atoms with van der Waals surface area (Å²) in [7, 11) is 1.19. The number of aromatic nitrogens is 4. The van der Waals surface area contributed by atoms with E-state index in [1.807, 2.05) is 0 Å². The minimum Gasteiger partial charge on any atom is -0.479 e. The fourth-order valence-corrected chi connectivity index (χ4v) is 4.98. The van der Waals surface area contributed by atoms with Crippen molar-refractivity contribution in [3.05, 3.63) is 47.0 Å². The zero-order chi connectivity index (χ0) is 28.3. The highest BCUT2D eigenvalue weighted by Crippen LogP contribution is 2.62. The van der Waals surface area contributed by atoms with E-state index in [9.17, 15) is 29.7 Å². The molecule has 2 fully saturated rings. The monoisotopic (exact) mass is 565 g/mol. The van der Waals surface area contributed by atoms with Crippen molar-refractivity contribution in [3.63, 3.8) is 0 Å². The van der Waals surface area contributed by atoms with Crippen LogP contribution in [0.25, 0.3) is 11.2 Å². The Morgan fingerprint density at radius 3 is 2.46 bits per heavy atom. The molecule has 1 saturated carbocycles. The number of aliphatic hydroxyl groups excluding tert-OH is 1. The number of nitrogens with zero attached hydrogens (tertiary/aromatic N) is 4. The van der Waals surface area contributed by atoms with Gasteiger partial charge in [-0.3, -0.25) is 0 Å². The maximum atomic E-state index is 15.8. The van der Waals surface area contributed by atoms with Gasteiger partial charge in [-0.1, -0.05) is 12.1 Å². The first-order valence-electron chi connectivity index (χ1n) is 11.4. The van der Waals surface area contributed by atoms with Crippen molar-refractivity contribution in [2.75, 3.05) is 19.5 Å². The first-order valence-corrected chi connectivity index (χ1v) is 11.8. The van der Waals surface area contributed by atoms with E-state index in [4.69, 9.17) is 26.8 Å². The van der Waals surface area contributed by atoms with E-state index in [-0.39, 0.29) is 33.4 Å². The molecule has 0 radical (unpaired) electrons. The number of nitrogen functional groups attached to an aromatic ring is 1. The average molecular weight is 566 g/mol. The molecule has 0 amide bonds. The maximum Gasteiger partial charge on any atom is 0.348 e. The van der Waals surface area contributed by atoms with E-state index in [2.05, 4.69) is 19.7 Å². The molecule has 0 spiro atoms. The summed E-state index contributed by atoms with van der Waals surface area (Å²) in [6, 6.07) is 4.32. The molecule has 3 aromatic rings. The molecule has 0 bridgehead atoms. The Bertz CT molecular complexity index is 1470. The van der Waals surface area contributed by atoms with Crippen LogP contribution in [0.1, 0.15) is 22.0 Å². The number of benzene rings is 1. The van der Waals surface area contributed by atoms with Crippen molar-refractivity contribution in [2.24, 2.45) is 0 Å². The lowest BCUT2D eigenvalue weighted by Crippen LogP contribution is -2.53. The number of methoxy groups -OCH3 is 1. The number of imidazole rings is 1. The fraction of sp³-hybridized carbons (Fsp3) is 0.391. The third kappa shape index (κ3) is 4.14. The van der Waals surface area contributed by atoms with Crippen LogP contribution in [-0.4, -0.2) is 96.0 Å². The number of anilines is 1. The lowest BCUT2D eigenvalue weighted by Gasteiger charge is -2.29. The van der Waals surface area contributed by atoms with Gasteiger partial charge in [0.15, 0.2) is 17.1 Å². The number of hydrogen-bond donors (Lipinski definition) is 4. The maximum absolute atomic E-state index is 15.8. The first-order chi connectivity index (χ1) is 18.4. The molecule has 14 nitrogen and oxygen atoms in total. The van der Waals surface area contributed by atoms with Gasteiger partial charge < -0.3 is 39.8 Å². The van der Waals surface area contributed by atoms with Crippen LogP contribution in [-0.2, 0) is 30.2 Å². The number of alkyl halides is 1. The highest BCUT2D eigenvalue weighted by atomic mass is 35.5. The van der Waals surface area contributed by atoms with Crippen LogP contribution < -0.4 is 5.73 Å². The molecule has 1 aromatic carbocycles. The van der Waals surface area contributed by atoms with Gasteiger partial charge in [0.25, 0.3) is 5.60 Å². The minimum atomic E-state index is -2.79. The van der Waals surface area contributed by atoms with Gasteiger partial charge in [-0.05, 0) is 29.3 Å². The van der Waals surface area contributed by atoms with Gasteiger partial charge in [0.2, 0.25) is 5.28 Å². The largest absolute Gasteiger partial charge is 0.479 e. The number of nitrogens with two attached hydrogens (primary N) is 1. The molecule has 16 heteroatoms. The summed E-state index contributed by atoms with van der Waals surface area (Å²) >= 11 is 5.86. The molecule has 5 rings (SSSR count). The zero-order valence-electron chi connectivity index (χ0n) is 20.0. The number of aliphatic carboxylic acids is 2. The second-order valence-corrected chi connectivity index (χ2v) is 9.47. The van der Waals surface area contributed by atoms with E-state index in [1.54, 1.807) is 0 Å². The van der Waals surface area contributed by atoms with Crippen LogP contribution in [0.3, 0.4) is 0 Å². The molecule has 206 valence electrons. The number of aliphatic hydroxyl groups is 1. The Morgan fingerprint density at radius 1 is 1.23 bits per heavy atom. The number of carboxylic acid groups (broad SMARTS) is 2. The Morgan fingerprint density at radius 2 is 1.90 bits per heavy atom. The number of ether oxygens (including phenoxy) is 3. The fourth-order valence-electron chi connectivity index (χ4n) is 4.81. The van der Waals surface area contributed by atoms with Crippen molar-refractivity contribution in [1.29, 1.82) is 0 Å². The Balaban J connectivity index is 1.32. The third-order valence-corrected chi connectivity index (χ3v) is 7.10. The van der Waals surface area contributed by atoms with Crippen molar-refractivity contribution in [2.45, 2.75) is 42.0 Å². The summed E-state index contributed by atoms with van der Waals surface area (Å²) in [5, 5.41) is 30.2. The van der Waals surface area contributed by atoms with Crippen LogP contribution in [0.4, 0.5) is 10.2 Å². The standard InChI is InChI=1S/C23H21ClFN5O9/c1-37-18(32)10-4-2-9(3-5-10)6-22(19(33)34,20(35)36)38-7-11-14(31)23(25)13(15(23)39-11)30-8-27-12-16(26)28-21(24)29-17(12)30/h2-5,8,11,13-15,31H,6-7H2,1H3,(H,33,34)(H,35,36)(H2,26,28,29)/t11-,13?,14-,15+,23-/m1/s1. The number of fused-ring (bicyclic) bond motifs is 2. The second-order valence-electron chi connectivity index (χ2n) is 9.13. The van der Waals surface area contributed by atoms with Gasteiger partial charge in [0.1, 0.15) is 29.9 Å². The number of hydrogen-bond acceptors (Lipinski definition) is 11. The summed E-state index contributed by atoms with van der Waals surface area (Å²) in [6.45, 7) is -0.749. The summed E-state index contributed by atoms with van der Waals surface area (Å²) in [5.41, 5.74) is 1.35. The predicted octanol–water partition coefficient (Wildman–Crippen LogP) is 0.407. The highest BCUT2D eigenvalue weighted by Gasteiger charge is 2.79. The molecule has 39 heavy (non-hydrogen) atoms. The Hall–Kier alpha value is -3.92. The number of carboxylic acids is 2. The van der Waals surface area contributed by atoms with Crippen LogP contribution in [0.15, 0.2) is 30.6 Å². The van der Waals surface area contributed by atoms with Gasteiger partial charge in [-0.15, -0.1) is 0 Å². The summed E-state index contributed by atoms with van der Waals surface area (Å²) in [5.74, 6) is -4.30. The van der Waals surface area contributed by atoms with Crippen LogP contribution in [0, 0.1) is 0 Å². The first kappa shape index (κ1) is 26.7. The summed E-state index contributed by atoms with van der Waals surface area (Å²) in [4.78, 5) is 47.7. The number of rotatable bonds is 9. The van der Waals surface area contributed by atoms with Gasteiger partial charge in [0.05, 0.1) is 25.6 Å². The Labute approximate surface area is 223 Å². The van der Waals surface area contributed by atoms with E-state index in [1.165, 1.54) is 42.3 Å². The van der Waals surface area contributed by atoms with E-state index < -0.39 is 66.6 Å². The van der Waals surface area contributed by atoms with Crippen molar-refractivity contribution in [1.82, 2.24) is 19.5 Å². The van der Waals surface area contributed by atoms with Crippen molar-refractivity contribution >= 4 is 46.5 Å². The van der Waals surface area contributed by atoms with Crippen LogP contribution in [0.2, 0.25) is 5.28 Å². The van der Waals surface area contributed by atoms with Gasteiger partial charge in [0, 0.05) is 6.42 Å². The number of carbonyl (C=O) groups excluding carboxylic acids is 1. The van der Waals surface area contributed by atoms with E-state index in [0.29, 0.717) is 0 Å². The smallest absolute Gasteiger partial charge is 0.348 e. The minimum absolute atomic E-state index is 0.0196. The SMILES string of the molecule is COC(=O)c1ccc(CC(OC[C@H]2O[C@H]3C(n4cnc5c(N)nc(Cl)nc54)[C@@]3(F)[C@@H]2O)(C(=O)O)C(=O)O)cc1. The van der Waals surface area contributed by atoms with Crippen molar-refractivity contribution < 1.29 is 48.3 Å². The van der Waals surface area contributed by atoms with E-state index in [0.717, 1.165) is 0 Å². The molecule has 1 aliphatic heterocycles. The molecule has 5 atom stereocenters. The average Bonchev–Trinajstić information content (AvgIpc) is 3.14. The number of carbonyl (C=O) groups is 3. The third-order valence-electron chi connectivity index (χ3n) is 6.93. The molecule has 5 N–H and O–H groups in total. The molecule has 1 saturated heterocycles. The van der Waals surface area contributed by atoms with Crippen LogP contribution >= 0.6 is 11.6 Å². The highest BCUT2D eigenvalue weighted by molar-refractivity contribution is 6.28. The molecular weight excluding hydrogens is 545 g/mol. The lowest BCUT2D eigenvalue weighted by molar-refractivity contribution is -0.190. The molecular formula is C23H21ClFN5O9. The van der Waals surface area contributed by atoms with Crippen LogP contribution in [0.5, 0.6) is 0 Å². The molecule has 2 aliphatic rings. The van der Waals surface area contributed by atoms with E-state index >= 15 is 4.39 Å². The number of halogens is 2. The zero-order valence-corrected chi connectivity index (χ0v) is 20.8. The topological polar surface area (TPSA) is 209 Å². The number of esters is 1.